The predicted octanol–water partition coefficient (Wildman–Crippen LogP) is 11.4. The lowest BCUT2D eigenvalue weighted by Gasteiger charge is -2.28. The Morgan fingerprint density at radius 3 is 0.771 bits per heavy atom. The highest BCUT2D eigenvalue weighted by Crippen LogP contribution is 2.42. The zero-order valence-electron chi connectivity index (χ0n) is 27.3. The van der Waals surface area contributed by atoms with Gasteiger partial charge in [0.2, 0.25) is 0 Å². The van der Waals surface area contributed by atoms with Crippen molar-refractivity contribution in [3.8, 4) is 11.5 Å². The van der Waals surface area contributed by atoms with E-state index in [9.17, 15) is 0 Å². The van der Waals surface area contributed by atoms with Crippen LogP contribution in [0.25, 0.3) is 0 Å². The molecule has 7 rings (SSSR count). The Morgan fingerprint density at radius 1 is 0.250 bits per heavy atom. The number of para-hydroxylation sites is 1. The first-order chi connectivity index (χ1) is 23.8. The van der Waals surface area contributed by atoms with Crippen molar-refractivity contribution in [1.82, 2.24) is 0 Å². The SMILES string of the molecule is c1ccc(Cc2c(Cc3ccccc3)c(Cc3ccccc3)c(Oc3ccccc3)c(Cc3ccccc3)c2Cc2ccccc2)cc1. The fourth-order valence-corrected chi connectivity index (χ4v) is 6.75. The molecule has 0 radical (unpaired) electrons. The third-order valence-electron chi connectivity index (χ3n) is 9.09. The van der Waals surface area contributed by atoms with E-state index in [1.807, 2.05) is 6.07 Å². The summed E-state index contributed by atoms with van der Waals surface area (Å²) in [5, 5.41) is 0. The molecule has 0 N–H and O–H groups in total. The van der Waals surface area contributed by atoms with E-state index >= 15 is 0 Å². The molecule has 0 aliphatic rings. The van der Waals surface area contributed by atoms with Crippen LogP contribution in [0.15, 0.2) is 182 Å². The van der Waals surface area contributed by atoms with Crippen LogP contribution in [0.3, 0.4) is 0 Å². The number of ether oxygens (including phenoxy) is 1. The summed E-state index contributed by atoms with van der Waals surface area (Å²) in [6.07, 6.45) is 4.05. The minimum Gasteiger partial charge on any atom is -0.457 e. The van der Waals surface area contributed by atoms with Gasteiger partial charge in [-0.25, -0.2) is 0 Å². The van der Waals surface area contributed by atoms with Gasteiger partial charge in [-0.2, -0.15) is 0 Å². The van der Waals surface area contributed by atoms with E-state index in [4.69, 9.17) is 4.74 Å². The minimum atomic E-state index is 0.778. The molecule has 0 aliphatic carbocycles. The Labute approximate surface area is 285 Å². The van der Waals surface area contributed by atoms with E-state index in [0.717, 1.165) is 43.6 Å². The van der Waals surface area contributed by atoms with Gasteiger partial charge in [0.25, 0.3) is 0 Å². The summed E-state index contributed by atoms with van der Waals surface area (Å²) in [5.74, 6) is 1.84. The number of rotatable bonds is 12. The third kappa shape index (κ3) is 7.65. The first-order valence-electron chi connectivity index (χ1n) is 16.9. The normalized spacial score (nSPS) is 10.9. The van der Waals surface area contributed by atoms with Crippen LogP contribution in [0.4, 0.5) is 0 Å². The van der Waals surface area contributed by atoms with Gasteiger partial charge in [0.1, 0.15) is 11.5 Å². The van der Waals surface area contributed by atoms with Crippen molar-refractivity contribution in [2.75, 3.05) is 0 Å². The maximum absolute atomic E-state index is 7.15. The summed E-state index contributed by atoms with van der Waals surface area (Å²) < 4.78 is 7.15. The van der Waals surface area contributed by atoms with Crippen LogP contribution in [-0.4, -0.2) is 0 Å². The molecule has 0 heterocycles. The highest BCUT2D eigenvalue weighted by Gasteiger charge is 2.26. The van der Waals surface area contributed by atoms with Crippen molar-refractivity contribution in [1.29, 1.82) is 0 Å². The van der Waals surface area contributed by atoms with Gasteiger partial charge in [-0.1, -0.05) is 170 Å². The van der Waals surface area contributed by atoms with Crippen LogP contribution in [0.2, 0.25) is 0 Å². The van der Waals surface area contributed by atoms with Gasteiger partial charge < -0.3 is 4.74 Å². The van der Waals surface area contributed by atoms with Crippen LogP contribution in [0.5, 0.6) is 11.5 Å². The first kappa shape index (κ1) is 31.0. The molecule has 1 heteroatoms. The topological polar surface area (TPSA) is 9.23 Å². The second-order valence-electron chi connectivity index (χ2n) is 12.4. The summed E-state index contributed by atoms with van der Waals surface area (Å²) in [6.45, 7) is 0. The average Bonchev–Trinajstić information content (AvgIpc) is 3.15. The molecule has 0 fully saturated rings. The molecule has 0 saturated carbocycles. The molecule has 7 aromatic carbocycles. The lowest BCUT2D eigenvalue weighted by atomic mass is 9.79. The molecule has 0 unspecified atom stereocenters. The fraction of sp³-hybridized carbons (Fsp3) is 0.106. The number of hydrogen-bond acceptors (Lipinski definition) is 1. The standard InChI is InChI=1S/C47H40O/c1-7-19-36(20-8-1)31-42-43(32-37-21-9-2-10-22-37)45(34-39-25-13-4-14-26-39)47(48-41-29-17-6-18-30-41)46(35-40-27-15-5-16-28-40)44(42)33-38-23-11-3-12-24-38/h1-30H,31-35H2. The van der Waals surface area contributed by atoms with Crippen molar-refractivity contribution >= 4 is 0 Å². The zero-order chi connectivity index (χ0) is 32.4. The van der Waals surface area contributed by atoms with Crippen molar-refractivity contribution in [3.05, 3.63) is 238 Å². The highest BCUT2D eigenvalue weighted by atomic mass is 16.5. The molecule has 234 valence electrons. The van der Waals surface area contributed by atoms with Gasteiger partial charge in [-0.3, -0.25) is 0 Å². The van der Waals surface area contributed by atoms with Crippen molar-refractivity contribution < 1.29 is 4.74 Å². The Bertz CT molecular complexity index is 1610. The van der Waals surface area contributed by atoms with Gasteiger partial charge in [0, 0.05) is 24.0 Å². The summed E-state index contributed by atoms with van der Waals surface area (Å²) in [5.41, 5.74) is 13.1. The molecule has 0 amide bonds. The molecule has 0 saturated heterocycles. The Balaban J connectivity index is 1.56. The monoisotopic (exact) mass is 620 g/mol. The van der Waals surface area contributed by atoms with E-state index in [2.05, 4.69) is 176 Å². The minimum absolute atomic E-state index is 0.778. The van der Waals surface area contributed by atoms with Gasteiger partial charge in [0.05, 0.1) is 0 Å². The molecule has 0 spiro atoms. The van der Waals surface area contributed by atoms with Gasteiger partial charge in [-0.15, -0.1) is 0 Å². The van der Waals surface area contributed by atoms with Crippen LogP contribution < -0.4 is 4.74 Å². The summed E-state index contributed by atoms with van der Waals surface area (Å²) in [6, 6.07) is 64.8. The van der Waals surface area contributed by atoms with E-state index in [1.54, 1.807) is 0 Å². The van der Waals surface area contributed by atoms with Crippen LogP contribution in [-0.2, 0) is 32.1 Å². The third-order valence-corrected chi connectivity index (χ3v) is 9.09. The maximum atomic E-state index is 7.15. The molecular formula is C47H40O. The van der Waals surface area contributed by atoms with E-state index < -0.39 is 0 Å². The zero-order valence-corrected chi connectivity index (χ0v) is 27.3. The second-order valence-corrected chi connectivity index (χ2v) is 12.4. The summed E-state index contributed by atoms with van der Waals surface area (Å²) in [7, 11) is 0. The molecule has 1 nitrogen and oxygen atoms in total. The Hall–Kier alpha value is -5.66. The van der Waals surface area contributed by atoms with Crippen molar-refractivity contribution in [3.63, 3.8) is 0 Å². The summed E-state index contributed by atoms with van der Waals surface area (Å²) in [4.78, 5) is 0. The van der Waals surface area contributed by atoms with Gasteiger partial charge in [0.15, 0.2) is 0 Å². The Kier molecular flexibility index (Phi) is 9.86. The van der Waals surface area contributed by atoms with Crippen LogP contribution in [0, 0.1) is 0 Å². The predicted molar refractivity (Wildman–Crippen MR) is 199 cm³/mol. The fourth-order valence-electron chi connectivity index (χ4n) is 6.75. The van der Waals surface area contributed by atoms with Crippen LogP contribution >= 0.6 is 0 Å². The quantitative estimate of drug-likeness (QED) is 0.132. The second kappa shape index (κ2) is 15.3. The largest absolute Gasteiger partial charge is 0.457 e. The Morgan fingerprint density at radius 2 is 0.479 bits per heavy atom. The number of hydrogen-bond donors (Lipinski definition) is 0. The lowest BCUT2D eigenvalue weighted by Crippen LogP contribution is -2.14. The molecular weight excluding hydrogens is 581 g/mol. The molecule has 0 atom stereocenters. The smallest absolute Gasteiger partial charge is 0.135 e. The average molecular weight is 621 g/mol. The lowest BCUT2D eigenvalue weighted by molar-refractivity contribution is 0.469. The molecule has 7 aromatic rings. The first-order valence-corrected chi connectivity index (χ1v) is 16.9. The van der Waals surface area contributed by atoms with Crippen molar-refractivity contribution in [2.45, 2.75) is 32.1 Å². The van der Waals surface area contributed by atoms with Crippen molar-refractivity contribution in [2.24, 2.45) is 0 Å². The van der Waals surface area contributed by atoms with Gasteiger partial charge >= 0.3 is 0 Å². The van der Waals surface area contributed by atoms with Crippen LogP contribution in [0.1, 0.15) is 55.6 Å². The van der Waals surface area contributed by atoms with Gasteiger partial charge in [-0.05, 0) is 75.9 Å². The summed E-state index contributed by atoms with van der Waals surface area (Å²) >= 11 is 0. The van der Waals surface area contributed by atoms with E-state index in [0.29, 0.717) is 0 Å². The highest BCUT2D eigenvalue weighted by molar-refractivity contribution is 5.62. The number of benzene rings is 7. The van der Waals surface area contributed by atoms with E-state index in [-0.39, 0.29) is 0 Å². The maximum Gasteiger partial charge on any atom is 0.135 e. The molecule has 48 heavy (non-hydrogen) atoms. The van der Waals surface area contributed by atoms with E-state index in [1.165, 1.54) is 55.6 Å². The molecule has 0 bridgehead atoms. The molecule has 0 aromatic heterocycles. The molecule has 0 aliphatic heterocycles.